The van der Waals surface area contributed by atoms with Gasteiger partial charge in [0.1, 0.15) is 12.4 Å². The van der Waals surface area contributed by atoms with E-state index in [0.717, 1.165) is 11.3 Å². The van der Waals surface area contributed by atoms with Crippen molar-refractivity contribution in [2.45, 2.75) is 6.04 Å². The quantitative estimate of drug-likeness (QED) is 0.790. The van der Waals surface area contributed by atoms with Gasteiger partial charge in [-0.3, -0.25) is 4.98 Å². The topological polar surface area (TPSA) is 43.4 Å². The first-order chi connectivity index (χ1) is 9.36. The molecule has 1 aromatic carbocycles. The Morgan fingerprint density at radius 3 is 2.84 bits per heavy atom. The minimum atomic E-state index is 0.103. The van der Waals surface area contributed by atoms with Crippen molar-refractivity contribution in [3.8, 4) is 5.75 Å². The SMILES string of the molecule is CNC(c1cncs1)c1ccccc1OCCOC. The molecule has 0 aliphatic rings. The number of para-hydroxylation sites is 1. The maximum atomic E-state index is 5.78. The Morgan fingerprint density at radius 2 is 2.16 bits per heavy atom. The van der Waals surface area contributed by atoms with Gasteiger partial charge in [0.05, 0.1) is 18.2 Å². The number of thiazole rings is 1. The normalized spacial score (nSPS) is 12.3. The molecule has 1 unspecified atom stereocenters. The molecule has 0 spiro atoms. The van der Waals surface area contributed by atoms with E-state index in [1.165, 1.54) is 4.88 Å². The van der Waals surface area contributed by atoms with Crippen molar-refractivity contribution < 1.29 is 9.47 Å². The van der Waals surface area contributed by atoms with Gasteiger partial charge in [-0.2, -0.15) is 0 Å². The van der Waals surface area contributed by atoms with Gasteiger partial charge in [0.25, 0.3) is 0 Å². The molecule has 0 saturated heterocycles. The van der Waals surface area contributed by atoms with Crippen molar-refractivity contribution in [1.29, 1.82) is 0 Å². The minimum Gasteiger partial charge on any atom is -0.491 e. The molecule has 0 radical (unpaired) electrons. The highest BCUT2D eigenvalue weighted by Crippen LogP contribution is 2.31. The van der Waals surface area contributed by atoms with Crippen molar-refractivity contribution >= 4 is 11.3 Å². The van der Waals surface area contributed by atoms with E-state index in [1.54, 1.807) is 18.4 Å². The second-order valence-corrected chi connectivity index (χ2v) is 4.92. The molecule has 1 aromatic heterocycles. The van der Waals surface area contributed by atoms with E-state index >= 15 is 0 Å². The number of nitrogens with one attached hydrogen (secondary N) is 1. The van der Waals surface area contributed by atoms with Crippen LogP contribution in [0.5, 0.6) is 5.75 Å². The summed E-state index contributed by atoms with van der Waals surface area (Å²) < 4.78 is 10.8. The lowest BCUT2D eigenvalue weighted by Gasteiger charge is -2.18. The molecule has 0 saturated carbocycles. The van der Waals surface area contributed by atoms with Crippen molar-refractivity contribution in [3.63, 3.8) is 0 Å². The molecule has 0 bridgehead atoms. The molecular formula is C14H18N2O2S. The summed E-state index contributed by atoms with van der Waals surface area (Å²) in [6.07, 6.45) is 1.89. The van der Waals surface area contributed by atoms with Crippen LogP contribution >= 0.6 is 11.3 Å². The third-order valence-electron chi connectivity index (χ3n) is 2.80. The lowest BCUT2D eigenvalue weighted by atomic mass is 10.0. The largest absolute Gasteiger partial charge is 0.491 e. The average Bonchev–Trinajstić information content (AvgIpc) is 2.96. The number of benzene rings is 1. The Balaban J connectivity index is 2.22. The lowest BCUT2D eigenvalue weighted by molar-refractivity contribution is 0.145. The fourth-order valence-corrected chi connectivity index (χ4v) is 2.65. The molecule has 0 fully saturated rings. The van der Waals surface area contributed by atoms with E-state index < -0.39 is 0 Å². The van der Waals surface area contributed by atoms with Gasteiger partial charge in [0.15, 0.2) is 0 Å². The molecule has 0 aliphatic heterocycles. The Kier molecular flexibility index (Phi) is 5.32. The third kappa shape index (κ3) is 3.53. The number of methoxy groups -OCH3 is 1. The van der Waals surface area contributed by atoms with Crippen LogP contribution in [-0.2, 0) is 4.74 Å². The second-order valence-electron chi connectivity index (χ2n) is 4.00. The average molecular weight is 278 g/mol. The first-order valence-electron chi connectivity index (χ1n) is 6.13. The number of ether oxygens (including phenoxy) is 2. The highest BCUT2D eigenvalue weighted by molar-refractivity contribution is 7.09. The van der Waals surface area contributed by atoms with Crippen LogP contribution in [0.1, 0.15) is 16.5 Å². The zero-order chi connectivity index (χ0) is 13.5. The molecule has 4 nitrogen and oxygen atoms in total. The molecule has 0 amide bonds. The number of rotatable bonds is 7. The van der Waals surface area contributed by atoms with Crippen LogP contribution in [0.4, 0.5) is 0 Å². The Bertz CT molecular complexity index is 488. The highest BCUT2D eigenvalue weighted by Gasteiger charge is 2.17. The van der Waals surface area contributed by atoms with Gasteiger partial charge < -0.3 is 14.8 Å². The van der Waals surface area contributed by atoms with Gasteiger partial charge in [0, 0.05) is 23.7 Å². The van der Waals surface area contributed by atoms with Crippen molar-refractivity contribution in [1.82, 2.24) is 10.3 Å². The third-order valence-corrected chi connectivity index (χ3v) is 3.64. The number of hydrogen-bond acceptors (Lipinski definition) is 5. The monoisotopic (exact) mass is 278 g/mol. The second kappa shape index (κ2) is 7.23. The molecule has 1 heterocycles. The van der Waals surface area contributed by atoms with Gasteiger partial charge in [0.2, 0.25) is 0 Å². The molecule has 2 rings (SSSR count). The number of aromatic nitrogens is 1. The summed E-state index contributed by atoms with van der Waals surface area (Å²) in [6.45, 7) is 1.13. The van der Waals surface area contributed by atoms with E-state index in [0.29, 0.717) is 13.2 Å². The fraction of sp³-hybridized carbons (Fsp3) is 0.357. The van der Waals surface area contributed by atoms with E-state index in [-0.39, 0.29) is 6.04 Å². The molecular weight excluding hydrogens is 260 g/mol. The zero-order valence-electron chi connectivity index (χ0n) is 11.1. The van der Waals surface area contributed by atoms with Gasteiger partial charge >= 0.3 is 0 Å². The first kappa shape index (κ1) is 14.0. The maximum absolute atomic E-state index is 5.78. The fourth-order valence-electron chi connectivity index (χ4n) is 1.90. The predicted octanol–water partition coefficient (Wildman–Crippen LogP) is 2.48. The number of hydrogen-bond donors (Lipinski definition) is 1. The Morgan fingerprint density at radius 1 is 1.32 bits per heavy atom. The predicted molar refractivity (Wildman–Crippen MR) is 76.8 cm³/mol. The molecule has 1 atom stereocenters. The maximum Gasteiger partial charge on any atom is 0.124 e. The standard InChI is InChI=1S/C14H18N2O2S/c1-15-14(13-9-16-10-19-13)11-5-3-4-6-12(11)18-8-7-17-2/h3-6,9-10,14-15H,7-8H2,1-2H3. The molecule has 0 aliphatic carbocycles. The van der Waals surface area contributed by atoms with Gasteiger partial charge in [-0.05, 0) is 13.1 Å². The van der Waals surface area contributed by atoms with Crippen molar-refractivity contribution in [2.24, 2.45) is 0 Å². The Labute approximate surface area is 117 Å². The summed E-state index contributed by atoms with van der Waals surface area (Å²) in [7, 11) is 3.61. The highest BCUT2D eigenvalue weighted by atomic mass is 32.1. The van der Waals surface area contributed by atoms with Crippen LogP contribution in [-0.4, -0.2) is 32.4 Å². The zero-order valence-corrected chi connectivity index (χ0v) is 11.9. The molecule has 2 aromatic rings. The van der Waals surface area contributed by atoms with Gasteiger partial charge in [-0.25, -0.2) is 0 Å². The van der Waals surface area contributed by atoms with Crippen molar-refractivity contribution in [3.05, 3.63) is 46.4 Å². The smallest absolute Gasteiger partial charge is 0.124 e. The van der Waals surface area contributed by atoms with Crippen LogP contribution in [0, 0.1) is 0 Å². The summed E-state index contributed by atoms with van der Waals surface area (Å²) in [6, 6.07) is 8.15. The summed E-state index contributed by atoms with van der Waals surface area (Å²) in [4.78, 5) is 5.31. The first-order valence-corrected chi connectivity index (χ1v) is 7.01. The van der Waals surface area contributed by atoms with E-state index in [9.17, 15) is 0 Å². The number of nitrogens with zero attached hydrogens (tertiary/aromatic N) is 1. The van der Waals surface area contributed by atoms with Crippen LogP contribution in [0.3, 0.4) is 0 Å². The molecule has 19 heavy (non-hydrogen) atoms. The van der Waals surface area contributed by atoms with Crippen LogP contribution in [0.15, 0.2) is 36.0 Å². The van der Waals surface area contributed by atoms with Crippen LogP contribution in [0.25, 0.3) is 0 Å². The summed E-state index contributed by atoms with van der Waals surface area (Å²) >= 11 is 1.63. The lowest BCUT2D eigenvalue weighted by Crippen LogP contribution is -2.18. The van der Waals surface area contributed by atoms with E-state index in [2.05, 4.69) is 16.4 Å². The van der Waals surface area contributed by atoms with Crippen molar-refractivity contribution in [2.75, 3.05) is 27.4 Å². The summed E-state index contributed by atoms with van der Waals surface area (Å²) in [5.41, 5.74) is 2.96. The summed E-state index contributed by atoms with van der Waals surface area (Å²) in [5, 5.41) is 3.31. The van der Waals surface area contributed by atoms with E-state index in [1.807, 2.05) is 37.0 Å². The Hall–Kier alpha value is -1.43. The minimum absolute atomic E-state index is 0.103. The van der Waals surface area contributed by atoms with Crippen LogP contribution < -0.4 is 10.1 Å². The van der Waals surface area contributed by atoms with Gasteiger partial charge in [-0.15, -0.1) is 11.3 Å². The van der Waals surface area contributed by atoms with Crippen LogP contribution in [0.2, 0.25) is 0 Å². The summed E-state index contributed by atoms with van der Waals surface area (Å²) in [5.74, 6) is 0.882. The van der Waals surface area contributed by atoms with Gasteiger partial charge in [-0.1, -0.05) is 18.2 Å². The van der Waals surface area contributed by atoms with E-state index in [4.69, 9.17) is 9.47 Å². The molecule has 102 valence electrons. The molecule has 1 N–H and O–H groups in total. The molecule has 5 heteroatoms.